The van der Waals surface area contributed by atoms with Crippen molar-refractivity contribution in [1.82, 2.24) is 0 Å². The maximum atomic E-state index is 11.4. The van der Waals surface area contributed by atoms with Crippen molar-refractivity contribution in [1.29, 1.82) is 10.5 Å². The fraction of sp³-hybridized carbons (Fsp3) is 0.107. The number of fused-ring (bicyclic) bond motifs is 1. The van der Waals surface area contributed by atoms with Crippen molar-refractivity contribution in [3.8, 4) is 12.1 Å². The summed E-state index contributed by atoms with van der Waals surface area (Å²) in [5.74, 6) is 0. The standard InChI is InChI=1S/C28H18N2O2S2/c1-18(31)33-24-10-6-20(7-11-24)22-4-3-5-23-15-26(28(16-29,17-30)27(23)14-22)21-8-12-25(13-9-21)34-19(2)32/h3-4,6-15H,1-2H3. The van der Waals surface area contributed by atoms with Crippen molar-refractivity contribution < 1.29 is 9.59 Å². The first-order valence-corrected chi connectivity index (χ1v) is 12.0. The van der Waals surface area contributed by atoms with Gasteiger partial charge in [-0.3, -0.25) is 9.59 Å². The molecule has 0 heterocycles. The minimum absolute atomic E-state index is 0.00816. The van der Waals surface area contributed by atoms with Crippen LogP contribution in [0.1, 0.15) is 25.0 Å². The second kappa shape index (κ2) is 9.59. The second-order valence-electron chi connectivity index (χ2n) is 7.67. The van der Waals surface area contributed by atoms with Crippen LogP contribution >= 0.6 is 23.5 Å². The number of carbonyl (C=O) groups excluding carboxylic acids is 2. The molecule has 0 unspecified atom stereocenters. The van der Waals surface area contributed by atoms with Crippen molar-refractivity contribution in [3.63, 3.8) is 0 Å². The Morgan fingerprint density at radius 1 is 0.794 bits per heavy atom. The maximum absolute atomic E-state index is 11.4. The Bertz CT molecular complexity index is 1420. The van der Waals surface area contributed by atoms with Gasteiger partial charge in [-0.15, -0.1) is 5.73 Å². The molecule has 34 heavy (non-hydrogen) atoms. The van der Waals surface area contributed by atoms with Crippen LogP contribution in [-0.2, 0) is 9.59 Å². The van der Waals surface area contributed by atoms with E-state index in [4.69, 9.17) is 0 Å². The van der Waals surface area contributed by atoms with Gasteiger partial charge >= 0.3 is 0 Å². The van der Waals surface area contributed by atoms with Crippen LogP contribution in [-0.4, -0.2) is 10.2 Å². The minimum Gasteiger partial charge on any atom is -0.287 e. The van der Waals surface area contributed by atoms with Crippen LogP contribution in [0.2, 0.25) is 0 Å². The van der Waals surface area contributed by atoms with Gasteiger partial charge in [0.2, 0.25) is 0 Å². The van der Waals surface area contributed by atoms with E-state index in [0.29, 0.717) is 16.7 Å². The Labute approximate surface area is 206 Å². The predicted octanol–water partition coefficient (Wildman–Crippen LogP) is 6.50. The minimum atomic E-state index is -1.49. The van der Waals surface area contributed by atoms with E-state index in [-0.39, 0.29) is 10.2 Å². The lowest BCUT2D eigenvalue weighted by molar-refractivity contribution is -0.109. The number of hydrogen-bond donors (Lipinski definition) is 0. The molecule has 0 N–H and O–H groups in total. The normalized spacial score (nSPS) is 15.5. The van der Waals surface area contributed by atoms with Gasteiger partial charge in [0.25, 0.3) is 0 Å². The third-order valence-corrected chi connectivity index (χ3v) is 6.99. The SMILES string of the molecule is CC(=O)Sc1ccc(C2=CC=C=C3C=C(c4ccc(SC(C)=O)cc4)C(C#N)(C#N)C3=C2)cc1. The Morgan fingerprint density at radius 2 is 1.32 bits per heavy atom. The number of hydrogen-bond acceptors (Lipinski definition) is 6. The van der Waals surface area contributed by atoms with Crippen molar-refractivity contribution in [2.24, 2.45) is 5.41 Å². The Kier molecular flexibility index (Phi) is 6.59. The van der Waals surface area contributed by atoms with E-state index in [1.807, 2.05) is 66.8 Å². The van der Waals surface area contributed by atoms with Gasteiger partial charge in [0.15, 0.2) is 15.6 Å². The number of nitriles is 2. The van der Waals surface area contributed by atoms with E-state index in [9.17, 15) is 20.1 Å². The van der Waals surface area contributed by atoms with Crippen LogP contribution in [0.3, 0.4) is 0 Å². The zero-order valence-corrected chi connectivity index (χ0v) is 20.1. The van der Waals surface area contributed by atoms with Crippen LogP contribution in [0.4, 0.5) is 0 Å². The van der Waals surface area contributed by atoms with E-state index in [2.05, 4.69) is 17.9 Å². The molecule has 2 aromatic carbocycles. The fourth-order valence-corrected chi connectivity index (χ4v) is 5.11. The average molecular weight is 479 g/mol. The molecule has 0 aromatic heterocycles. The van der Waals surface area contributed by atoms with Gasteiger partial charge < -0.3 is 0 Å². The highest BCUT2D eigenvalue weighted by Gasteiger charge is 2.46. The molecule has 0 atom stereocenters. The van der Waals surface area contributed by atoms with Crippen LogP contribution in [0, 0.1) is 28.1 Å². The molecule has 0 spiro atoms. The molecule has 2 aliphatic rings. The molecule has 0 fully saturated rings. The summed E-state index contributed by atoms with van der Waals surface area (Å²) in [6, 6.07) is 19.4. The summed E-state index contributed by atoms with van der Waals surface area (Å²) in [5.41, 5.74) is 6.08. The van der Waals surface area contributed by atoms with Gasteiger partial charge in [-0.2, -0.15) is 10.5 Å². The highest BCUT2D eigenvalue weighted by Crippen LogP contribution is 2.51. The van der Waals surface area contributed by atoms with Gasteiger partial charge in [0.05, 0.1) is 12.1 Å². The highest BCUT2D eigenvalue weighted by atomic mass is 32.2. The maximum Gasteiger partial charge on any atom is 0.195 e. The molecule has 0 aliphatic heterocycles. The third kappa shape index (κ3) is 4.49. The smallest absolute Gasteiger partial charge is 0.195 e. The van der Waals surface area contributed by atoms with Gasteiger partial charge in [-0.1, -0.05) is 47.8 Å². The summed E-state index contributed by atoms with van der Waals surface area (Å²) in [5, 5.41) is 20.5. The molecule has 6 heteroatoms. The van der Waals surface area contributed by atoms with Crippen molar-refractivity contribution in [3.05, 3.63) is 101 Å². The second-order valence-corrected chi connectivity index (χ2v) is 10.2. The van der Waals surface area contributed by atoms with Gasteiger partial charge in [-0.05, 0) is 70.8 Å². The lowest BCUT2D eigenvalue weighted by Gasteiger charge is -2.20. The molecule has 2 aliphatic carbocycles. The van der Waals surface area contributed by atoms with Crippen LogP contribution in [0.5, 0.6) is 0 Å². The molecule has 0 saturated carbocycles. The largest absolute Gasteiger partial charge is 0.287 e. The van der Waals surface area contributed by atoms with Crippen LogP contribution < -0.4 is 0 Å². The summed E-state index contributed by atoms with van der Waals surface area (Å²) >= 11 is 2.31. The number of allylic oxidation sites excluding steroid dienone is 7. The van der Waals surface area contributed by atoms with Crippen molar-refractivity contribution >= 4 is 44.9 Å². The first kappa shape index (κ1) is 23.4. The molecule has 4 nitrogen and oxygen atoms in total. The van der Waals surface area contributed by atoms with E-state index in [0.717, 1.165) is 38.3 Å². The number of benzene rings is 2. The topological polar surface area (TPSA) is 81.7 Å². The molecule has 164 valence electrons. The monoisotopic (exact) mass is 478 g/mol. The molecule has 0 radical (unpaired) electrons. The summed E-state index contributed by atoms with van der Waals surface area (Å²) in [6.07, 6.45) is 7.39. The molecule has 0 saturated heterocycles. The molecule has 0 amide bonds. The highest BCUT2D eigenvalue weighted by molar-refractivity contribution is 8.13. The van der Waals surface area contributed by atoms with Gasteiger partial charge in [-0.25, -0.2) is 0 Å². The van der Waals surface area contributed by atoms with E-state index in [1.54, 1.807) is 6.08 Å². The number of carbonyl (C=O) groups is 2. The molecular formula is C28H18N2O2S2. The molecule has 2 aromatic rings. The lowest BCUT2D eigenvalue weighted by atomic mass is 9.76. The molecule has 4 rings (SSSR count). The third-order valence-electron chi connectivity index (χ3n) is 5.40. The number of nitrogens with zero attached hydrogens (tertiary/aromatic N) is 2. The molecule has 0 bridgehead atoms. The average Bonchev–Trinajstić information content (AvgIpc) is 2.96. The van der Waals surface area contributed by atoms with E-state index < -0.39 is 5.41 Å². The Balaban J connectivity index is 1.74. The zero-order valence-electron chi connectivity index (χ0n) is 18.5. The fourth-order valence-electron chi connectivity index (χ4n) is 3.90. The molecular weight excluding hydrogens is 460 g/mol. The first-order chi connectivity index (χ1) is 16.4. The summed E-state index contributed by atoms with van der Waals surface area (Å²) in [4.78, 5) is 24.4. The van der Waals surface area contributed by atoms with E-state index >= 15 is 0 Å². The summed E-state index contributed by atoms with van der Waals surface area (Å²) in [7, 11) is 0. The Hall–Kier alpha value is -3.80. The van der Waals surface area contributed by atoms with E-state index in [1.165, 1.54) is 25.6 Å². The Morgan fingerprint density at radius 3 is 1.82 bits per heavy atom. The van der Waals surface area contributed by atoms with Crippen LogP contribution in [0.15, 0.2) is 99.5 Å². The summed E-state index contributed by atoms with van der Waals surface area (Å²) < 4.78 is 0. The quantitative estimate of drug-likeness (QED) is 0.368. The van der Waals surface area contributed by atoms with Crippen molar-refractivity contribution in [2.45, 2.75) is 23.6 Å². The van der Waals surface area contributed by atoms with Crippen LogP contribution in [0.25, 0.3) is 11.1 Å². The zero-order chi connectivity index (χ0) is 24.3. The predicted molar refractivity (Wildman–Crippen MR) is 135 cm³/mol. The van der Waals surface area contributed by atoms with Crippen molar-refractivity contribution in [2.75, 3.05) is 0 Å². The van der Waals surface area contributed by atoms with Gasteiger partial charge in [0, 0.05) is 34.8 Å². The van der Waals surface area contributed by atoms with Gasteiger partial charge in [0.1, 0.15) is 0 Å². The number of thioether (sulfide) groups is 2. The first-order valence-electron chi connectivity index (χ1n) is 10.4. The number of rotatable bonds is 4. The summed E-state index contributed by atoms with van der Waals surface area (Å²) in [6.45, 7) is 3.03. The lowest BCUT2D eigenvalue weighted by Crippen LogP contribution is -2.18.